The lowest BCUT2D eigenvalue weighted by Gasteiger charge is -2.41. The normalized spacial score (nSPS) is 22.1. The number of aromatic nitrogens is 1. The second-order valence-electron chi connectivity index (χ2n) is 8.04. The zero-order chi connectivity index (χ0) is 22.2. The summed E-state index contributed by atoms with van der Waals surface area (Å²) in [7, 11) is -3.44. The fourth-order valence-electron chi connectivity index (χ4n) is 4.22. The number of nitrogens with zero attached hydrogens (tertiary/aromatic N) is 3. The highest BCUT2D eigenvalue weighted by Crippen LogP contribution is 2.33. The molecule has 166 valence electrons. The van der Waals surface area contributed by atoms with Gasteiger partial charge in [0.15, 0.2) is 15.0 Å². The molecule has 2 aromatic rings. The summed E-state index contributed by atoms with van der Waals surface area (Å²) >= 11 is 1.44. The first-order chi connectivity index (χ1) is 14.8. The molecule has 1 amide bonds. The molecule has 0 N–H and O–H groups in total. The lowest BCUT2D eigenvalue weighted by atomic mass is 9.97. The van der Waals surface area contributed by atoms with Gasteiger partial charge in [0.05, 0.1) is 26.8 Å². The summed E-state index contributed by atoms with van der Waals surface area (Å²) in [6, 6.07) is 4.48. The van der Waals surface area contributed by atoms with Crippen molar-refractivity contribution in [3.63, 3.8) is 0 Å². The van der Waals surface area contributed by atoms with E-state index >= 15 is 0 Å². The van der Waals surface area contributed by atoms with Crippen molar-refractivity contribution in [3.05, 3.63) is 47.1 Å². The molecule has 2 aliphatic rings. The van der Waals surface area contributed by atoms with Crippen molar-refractivity contribution in [1.29, 1.82) is 0 Å². The highest BCUT2D eigenvalue weighted by molar-refractivity contribution is 7.95. The van der Waals surface area contributed by atoms with E-state index in [1.165, 1.54) is 23.5 Å². The predicted octanol–water partition coefficient (Wildman–Crippen LogP) is 3.76. The quantitative estimate of drug-likeness (QED) is 0.675. The van der Waals surface area contributed by atoms with Gasteiger partial charge in [0.1, 0.15) is 5.82 Å². The summed E-state index contributed by atoms with van der Waals surface area (Å²) < 4.78 is 39.7. The van der Waals surface area contributed by atoms with Gasteiger partial charge in [-0.2, -0.15) is 0 Å². The van der Waals surface area contributed by atoms with E-state index in [9.17, 15) is 17.6 Å². The van der Waals surface area contributed by atoms with E-state index in [-0.39, 0.29) is 28.4 Å². The number of hydrogen-bond donors (Lipinski definition) is 0. The van der Waals surface area contributed by atoms with Gasteiger partial charge < -0.3 is 9.80 Å². The van der Waals surface area contributed by atoms with Crippen LogP contribution in [-0.2, 0) is 14.6 Å². The van der Waals surface area contributed by atoms with Gasteiger partial charge in [-0.3, -0.25) is 4.79 Å². The number of hydrogen-bond acceptors (Lipinski definition) is 6. The SMILES string of the molecule is CCCS(=O)(=O)C1=CC=CCC1C(=O)N1CCN(c2nc3ccc(F)cc3s2)C[C@@H]1C. The molecule has 1 unspecified atom stereocenters. The van der Waals surface area contributed by atoms with Crippen molar-refractivity contribution in [2.24, 2.45) is 5.92 Å². The molecule has 1 aromatic carbocycles. The van der Waals surface area contributed by atoms with Crippen LogP contribution in [0.15, 0.2) is 41.3 Å². The number of sulfone groups is 1. The summed E-state index contributed by atoms with van der Waals surface area (Å²) in [5, 5.41) is 0.811. The Morgan fingerprint density at radius 1 is 1.32 bits per heavy atom. The molecule has 2 atom stereocenters. The van der Waals surface area contributed by atoms with Gasteiger partial charge in [-0.05, 0) is 44.0 Å². The maximum atomic E-state index is 13.5. The van der Waals surface area contributed by atoms with Crippen LogP contribution in [-0.4, -0.2) is 55.6 Å². The number of amides is 1. The summed E-state index contributed by atoms with van der Waals surface area (Å²) in [5.41, 5.74) is 0.762. The first-order valence-electron chi connectivity index (χ1n) is 10.5. The van der Waals surface area contributed by atoms with Crippen molar-refractivity contribution >= 4 is 42.4 Å². The Hall–Kier alpha value is -2.26. The number of rotatable bonds is 5. The minimum Gasteiger partial charge on any atom is -0.344 e. The Balaban J connectivity index is 1.49. The molecule has 4 rings (SSSR count). The average Bonchev–Trinajstić information content (AvgIpc) is 3.16. The number of carbonyl (C=O) groups is 1. The summed E-state index contributed by atoms with van der Waals surface area (Å²) in [6.45, 7) is 5.48. The van der Waals surface area contributed by atoms with Crippen LogP contribution in [0.3, 0.4) is 0 Å². The Bertz CT molecular complexity index is 1160. The second kappa shape index (κ2) is 8.70. The molecule has 0 radical (unpaired) electrons. The second-order valence-corrected chi connectivity index (χ2v) is 11.2. The Morgan fingerprint density at radius 3 is 2.87 bits per heavy atom. The molecule has 1 fully saturated rings. The van der Waals surface area contributed by atoms with Gasteiger partial charge in [-0.25, -0.2) is 17.8 Å². The summed E-state index contributed by atoms with van der Waals surface area (Å²) in [5.74, 6) is -1.01. The van der Waals surface area contributed by atoms with E-state index < -0.39 is 15.8 Å². The number of piperazine rings is 1. The summed E-state index contributed by atoms with van der Waals surface area (Å²) in [6.07, 6.45) is 6.09. The molecule has 0 saturated carbocycles. The molecule has 0 bridgehead atoms. The molecule has 1 aliphatic carbocycles. The smallest absolute Gasteiger partial charge is 0.231 e. The Kier molecular flexibility index (Phi) is 6.16. The fraction of sp³-hybridized carbons (Fsp3) is 0.455. The van der Waals surface area contributed by atoms with E-state index in [2.05, 4.69) is 9.88 Å². The van der Waals surface area contributed by atoms with Crippen molar-refractivity contribution in [2.75, 3.05) is 30.3 Å². The first kappa shape index (κ1) is 22.0. The number of thiazole rings is 1. The molecular formula is C22H26FN3O3S2. The number of halogens is 1. The lowest BCUT2D eigenvalue weighted by Crippen LogP contribution is -2.55. The third-order valence-electron chi connectivity index (χ3n) is 5.76. The molecule has 1 aliphatic heterocycles. The molecule has 2 heterocycles. The lowest BCUT2D eigenvalue weighted by molar-refractivity contribution is -0.136. The Morgan fingerprint density at radius 2 is 2.13 bits per heavy atom. The van der Waals surface area contributed by atoms with Crippen molar-refractivity contribution in [1.82, 2.24) is 9.88 Å². The van der Waals surface area contributed by atoms with Crippen molar-refractivity contribution < 1.29 is 17.6 Å². The highest BCUT2D eigenvalue weighted by atomic mass is 32.2. The van der Waals surface area contributed by atoms with Gasteiger partial charge in [-0.1, -0.05) is 30.4 Å². The molecule has 0 spiro atoms. The maximum absolute atomic E-state index is 13.5. The highest BCUT2D eigenvalue weighted by Gasteiger charge is 2.37. The van der Waals surface area contributed by atoms with Gasteiger partial charge in [0.25, 0.3) is 0 Å². The number of allylic oxidation sites excluding steroid dienone is 3. The fourth-order valence-corrected chi connectivity index (χ4v) is 6.93. The van der Waals surface area contributed by atoms with Crippen LogP contribution in [0, 0.1) is 11.7 Å². The van der Waals surface area contributed by atoms with E-state index in [1.54, 1.807) is 23.1 Å². The zero-order valence-corrected chi connectivity index (χ0v) is 19.3. The zero-order valence-electron chi connectivity index (χ0n) is 17.6. The van der Waals surface area contributed by atoms with E-state index in [1.807, 2.05) is 19.9 Å². The minimum absolute atomic E-state index is 0.0536. The van der Waals surface area contributed by atoms with Gasteiger partial charge in [0, 0.05) is 25.7 Å². The van der Waals surface area contributed by atoms with Crippen molar-refractivity contribution in [3.8, 4) is 0 Å². The number of carbonyl (C=O) groups excluding carboxylic acids is 1. The largest absolute Gasteiger partial charge is 0.344 e. The molecule has 1 saturated heterocycles. The number of anilines is 1. The Labute approximate surface area is 186 Å². The third-order valence-corrected chi connectivity index (χ3v) is 8.93. The van der Waals surface area contributed by atoms with Crippen LogP contribution < -0.4 is 4.90 Å². The molecular weight excluding hydrogens is 437 g/mol. The van der Waals surface area contributed by atoms with Crippen LogP contribution >= 0.6 is 11.3 Å². The van der Waals surface area contributed by atoms with Crippen LogP contribution in [0.2, 0.25) is 0 Å². The van der Waals surface area contributed by atoms with Crippen molar-refractivity contribution in [2.45, 2.75) is 32.7 Å². The van der Waals surface area contributed by atoms with E-state index in [0.717, 1.165) is 15.3 Å². The number of fused-ring (bicyclic) bond motifs is 1. The summed E-state index contributed by atoms with van der Waals surface area (Å²) in [4.78, 5) is 22.1. The van der Waals surface area contributed by atoms with E-state index in [0.29, 0.717) is 32.5 Å². The molecule has 9 heteroatoms. The maximum Gasteiger partial charge on any atom is 0.231 e. The van der Waals surface area contributed by atoms with Crippen LogP contribution in [0.4, 0.5) is 9.52 Å². The molecule has 6 nitrogen and oxygen atoms in total. The molecule has 1 aromatic heterocycles. The van der Waals surface area contributed by atoms with Gasteiger partial charge >= 0.3 is 0 Å². The van der Waals surface area contributed by atoms with E-state index in [4.69, 9.17) is 0 Å². The predicted molar refractivity (Wildman–Crippen MR) is 122 cm³/mol. The minimum atomic E-state index is -3.44. The van der Waals surface area contributed by atoms with Gasteiger partial charge in [-0.15, -0.1) is 0 Å². The third kappa shape index (κ3) is 4.39. The monoisotopic (exact) mass is 463 g/mol. The van der Waals surface area contributed by atoms with Crippen LogP contribution in [0.5, 0.6) is 0 Å². The standard InChI is InChI=1S/C22H26FN3O3S2/c1-3-12-31(28,29)20-7-5-4-6-17(20)21(27)26-11-10-25(14-15(26)2)22-24-18-9-8-16(23)13-19(18)30-22/h4-5,7-9,13,15,17H,3,6,10-12,14H2,1-2H3/t15-,17?/m0/s1. The molecule has 31 heavy (non-hydrogen) atoms. The van der Waals surface area contributed by atoms with Crippen LogP contribution in [0.1, 0.15) is 26.7 Å². The van der Waals surface area contributed by atoms with Gasteiger partial charge in [0.2, 0.25) is 5.91 Å². The number of benzene rings is 1. The topological polar surface area (TPSA) is 70.6 Å². The average molecular weight is 464 g/mol. The van der Waals surface area contributed by atoms with Crippen LogP contribution in [0.25, 0.3) is 10.2 Å². The first-order valence-corrected chi connectivity index (χ1v) is 13.0.